The van der Waals surface area contributed by atoms with Crippen molar-refractivity contribution in [3.8, 4) is 5.75 Å². The SMILES string of the molecule is CCCCn1nnnc1C(c1cccc(OC)c1)N1CCN(c2c(Cl)cncc2Cl)CC1. The fraction of sp³-hybridized carbons (Fsp3) is 0.455. The fourth-order valence-corrected chi connectivity index (χ4v) is 4.72. The van der Waals surface area contributed by atoms with Crippen LogP contribution in [-0.2, 0) is 6.54 Å². The molecule has 0 amide bonds. The van der Waals surface area contributed by atoms with Gasteiger partial charge in [0, 0.05) is 45.1 Å². The van der Waals surface area contributed by atoms with Crippen LogP contribution in [0, 0.1) is 0 Å². The molecule has 1 aliphatic rings. The number of pyridine rings is 1. The summed E-state index contributed by atoms with van der Waals surface area (Å²) in [5.74, 6) is 1.66. The summed E-state index contributed by atoms with van der Waals surface area (Å²) in [6, 6.07) is 8.05. The van der Waals surface area contributed by atoms with E-state index in [1.807, 2.05) is 16.8 Å². The number of hydrogen-bond acceptors (Lipinski definition) is 7. The number of ether oxygens (including phenoxy) is 1. The van der Waals surface area contributed by atoms with Crippen LogP contribution in [0.25, 0.3) is 0 Å². The maximum absolute atomic E-state index is 6.40. The maximum atomic E-state index is 6.40. The Morgan fingerprint density at radius 3 is 2.53 bits per heavy atom. The number of aryl methyl sites for hydroxylation is 1. The second-order valence-corrected chi connectivity index (χ2v) is 8.58. The van der Waals surface area contributed by atoms with Crippen molar-refractivity contribution in [2.75, 3.05) is 38.2 Å². The molecule has 1 saturated heterocycles. The lowest BCUT2D eigenvalue weighted by molar-refractivity contribution is 0.200. The van der Waals surface area contributed by atoms with E-state index in [1.54, 1.807) is 19.5 Å². The van der Waals surface area contributed by atoms with E-state index in [2.05, 4.69) is 49.4 Å². The zero-order valence-corrected chi connectivity index (χ0v) is 19.8. The lowest BCUT2D eigenvalue weighted by atomic mass is 10.0. The molecule has 1 atom stereocenters. The number of halogens is 2. The number of tetrazole rings is 1. The van der Waals surface area contributed by atoms with Crippen LogP contribution in [0.1, 0.15) is 37.2 Å². The van der Waals surface area contributed by atoms with E-state index in [1.165, 1.54) is 0 Å². The minimum absolute atomic E-state index is 0.0810. The summed E-state index contributed by atoms with van der Waals surface area (Å²) in [6.07, 6.45) is 5.37. The molecule has 1 aromatic carbocycles. The van der Waals surface area contributed by atoms with E-state index in [0.29, 0.717) is 10.0 Å². The third-order valence-corrected chi connectivity index (χ3v) is 6.31. The number of aromatic nitrogens is 5. The van der Waals surface area contributed by atoms with Crippen LogP contribution in [0.5, 0.6) is 5.75 Å². The lowest BCUT2D eigenvalue weighted by Crippen LogP contribution is -2.48. The van der Waals surface area contributed by atoms with Crippen LogP contribution in [0.15, 0.2) is 36.7 Å². The number of anilines is 1. The summed E-state index contributed by atoms with van der Waals surface area (Å²) in [7, 11) is 1.68. The molecule has 4 rings (SSSR count). The van der Waals surface area contributed by atoms with Gasteiger partial charge in [0.1, 0.15) is 5.75 Å². The molecule has 0 aliphatic carbocycles. The van der Waals surface area contributed by atoms with Gasteiger partial charge in [-0.3, -0.25) is 9.88 Å². The maximum Gasteiger partial charge on any atom is 0.173 e. The van der Waals surface area contributed by atoms with Gasteiger partial charge in [0.05, 0.1) is 28.9 Å². The number of nitrogens with zero attached hydrogens (tertiary/aromatic N) is 7. The second kappa shape index (κ2) is 10.5. The highest BCUT2D eigenvalue weighted by atomic mass is 35.5. The highest BCUT2D eigenvalue weighted by Crippen LogP contribution is 2.35. The minimum Gasteiger partial charge on any atom is -0.497 e. The van der Waals surface area contributed by atoms with Gasteiger partial charge in [-0.05, 0) is 34.5 Å². The standard InChI is InChI=1S/C22H27Cl2N7O/c1-3-4-8-31-22(26-27-28-31)20(16-6-5-7-17(13-16)32-2)29-9-11-30(12-10-29)21-18(23)14-25-15-19(21)24/h5-7,13-15,20H,3-4,8-12H2,1-2H3. The van der Waals surface area contributed by atoms with Gasteiger partial charge in [0.25, 0.3) is 0 Å². The first kappa shape index (κ1) is 22.8. The summed E-state index contributed by atoms with van der Waals surface area (Å²) >= 11 is 12.8. The summed E-state index contributed by atoms with van der Waals surface area (Å²) in [4.78, 5) is 8.69. The summed E-state index contributed by atoms with van der Waals surface area (Å²) in [5, 5.41) is 13.8. The van der Waals surface area contributed by atoms with Gasteiger partial charge in [-0.25, -0.2) is 4.68 Å². The van der Waals surface area contributed by atoms with Gasteiger partial charge >= 0.3 is 0 Å². The topological polar surface area (TPSA) is 72.2 Å². The summed E-state index contributed by atoms with van der Waals surface area (Å²) in [5.41, 5.74) is 1.94. The van der Waals surface area contributed by atoms with Crippen molar-refractivity contribution in [2.45, 2.75) is 32.4 Å². The van der Waals surface area contributed by atoms with E-state index in [9.17, 15) is 0 Å². The van der Waals surface area contributed by atoms with E-state index < -0.39 is 0 Å². The molecule has 32 heavy (non-hydrogen) atoms. The van der Waals surface area contributed by atoms with Crippen molar-refractivity contribution in [3.05, 3.63) is 58.1 Å². The van der Waals surface area contributed by atoms with Crippen LogP contribution < -0.4 is 9.64 Å². The predicted octanol–water partition coefficient (Wildman–Crippen LogP) is 4.10. The number of unbranched alkanes of at least 4 members (excludes halogenated alkanes) is 1. The number of benzene rings is 1. The van der Waals surface area contributed by atoms with Crippen molar-refractivity contribution in [1.82, 2.24) is 30.1 Å². The monoisotopic (exact) mass is 475 g/mol. The lowest BCUT2D eigenvalue weighted by Gasteiger charge is -2.40. The molecule has 1 unspecified atom stereocenters. The van der Waals surface area contributed by atoms with Crippen LogP contribution >= 0.6 is 23.2 Å². The molecular formula is C22H27Cl2N7O. The van der Waals surface area contributed by atoms with E-state index in [0.717, 1.165) is 68.4 Å². The van der Waals surface area contributed by atoms with Gasteiger partial charge < -0.3 is 9.64 Å². The molecule has 0 bridgehead atoms. The van der Waals surface area contributed by atoms with Crippen molar-refractivity contribution < 1.29 is 4.74 Å². The molecule has 3 aromatic rings. The molecule has 0 saturated carbocycles. The van der Waals surface area contributed by atoms with Crippen molar-refractivity contribution in [1.29, 1.82) is 0 Å². The highest BCUT2D eigenvalue weighted by Gasteiger charge is 2.31. The van der Waals surface area contributed by atoms with E-state index in [4.69, 9.17) is 27.9 Å². The van der Waals surface area contributed by atoms with E-state index >= 15 is 0 Å². The molecular weight excluding hydrogens is 449 g/mol. The molecule has 0 N–H and O–H groups in total. The largest absolute Gasteiger partial charge is 0.497 e. The highest BCUT2D eigenvalue weighted by molar-refractivity contribution is 6.38. The Labute approximate surface area is 198 Å². The van der Waals surface area contributed by atoms with Crippen LogP contribution in [0.4, 0.5) is 5.69 Å². The third kappa shape index (κ3) is 4.82. The predicted molar refractivity (Wildman–Crippen MR) is 126 cm³/mol. The Morgan fingerprint density at radius 2 is 1.84 bits per heavy atom. The number of piperazine rings is 1. The fourth-order valence-electron chi connectivity index (χ4n) is 4.12. The molecule has 8 nitrogen and oxygen atoms in total. The molecule has 0 radical (unpaired) electrons. The van der Waals surface area contributed by atoms with Crippen molar-refractivity contribution in [3.63, 3.8) is 0 Å². The molecule has 1 fully saturated rings. The quantitative estimate of drug-likeness (QED) is 0.485. The van der Waals surface area contributed by atoms with E-state index in [-0.39, 0.29) is 6.04 Å². The Kier molecular flexibility index (Phi) is 7.44. The molecule has 1 aliphatic heterocycles. The third-order valence-electron chi connectivity index (χ3n) is 5.76. The average Bonchev–Trinajstić information content (AvgIpc) is 3.27. The molecule has 170 valence electrons. The number of hydrogen-bond donors (Lipinski definition) is 0. The molecule has 0 spiro atoms. The van der Waals surface area contributed by atoms with Crippen LogP contribution in [-0.4, -0.2) is 63.4 Å². The number of methoxy groups -OCH3 is 1. The first-order valence-corrected chi connectivity index (χ1v) is 11.6. The second-order valence-electron chi connectivity index (χ2n) is 7.77. The zero-order valence-electron chi connectivity index (χ0n) is 18.3. The number of rotatable bonds is 8. The minimum atomic E-state index is -0.0810. The van der Waals surface area contributed by atoms with Crippen LogP contribution in [0.3, 0.4) is 0 Å². The molecule has 10 heteroatoms. The van der Waals surface area contributed by atoms with Gasteiger partial charge in [0.2, 0.25) is 0 Å². The molecule has 3 heterocycles. The van der Waals surface area contributed by atoms with Crippen molar-refractivity contribution in [2.24, 2.45) is 0 Å². The first-order chi connectivity index (χ1) is 15.6. The Balaban J connectivity index is 1.62. The normalized spacial score (nSPS) is 15.7. The zero-order chi connectivity index (χ0) is 22.5. The van der Waals surface area contributed by atoms with Crippen LogP contribution in [0.2, 0.25) is 10.0 Å². The Morgan fingerprint density at radius 1 is 1.09 bits per heavy atom. The first-order valence-electron chi connectivity index (χ1n) is 10.8. The smallest absolute Gasteiger partial charge is 0.173 e. The molecule has 2 aromatic heterocycles. The van der Waals surface area contributed by atoms with Gasteiger partial charge in [-0.15, -0.1) is 5.10 Å². The summed E-state index contributed by atoms with van der Waals surface area (Å²) < 4.78 is 7.41. The van der Waals surface area contributed by atoms with Crippen molar-refractivity contribution >= 4 is 28.9 Å². The van der Waals surface area contributed by atoms with Gasteiger partial charge in [0.15, 0.2) is 5.82 Å². The Bertz CT molecular complexity index is 1020. The summed E-state index contributed by atoms with van der Waals surface area (Å²) in [6.45, 7) is 6.12. The van der Waals surface area contributed by atoms with Gasteiger partial charge in [-0.2, -0.15) is 0 Å². The van der Waals surface area contributed by atoms with Gasteiger partial charge in [-0.1, -0.05) is 48.7 Å². The average molecular weight is 476 g/mol. The Hall–Kier alpha value is -2.42.